The Bertz CT molecular complexity index is 289. The van der Waals surface area contributed by atoms with Gasteiger partial charge in [-0.25, -0.2) is 0 Å². The van der Waals surface area contributed by atoms with Crippen LogP contribution in [0.15, 0.2) is 18.3 Å². The molecule has 0 radical (unpaired) electrons. The maximum atomic E-state index is 5.54. The maximum absolute atomic E-state index is 5.54. The first-order chi connectivity index (χ1) is 7.29. The molecule has 1 aromatic rings. The molecule has 0 spiro atoms. The Kier molecular flexibility index (Phi) is 5.29. The normalized spacial score (nSPS) is 12.7. The Morgan fingerprint density at radius 1 is 1.53 bits per heavy atom. The molecular weight excluding hydrogens is 188 g/mol. The van der Waals surface area contributed by atoms with Gasteiger partial charge in [0.15, 0.2) is 0 Å². The summed E-state index contributed by atoms with van der Waals surface area (Å²) < 4.78 is 5.54. The van der Waals surface area contributed by atoms with Gasteiger partial charge >= 0.3 is 0 Å². The van der Waals surface area contributed by atoms with Crippen molar-refractivity contribution in [2.24, 2.45) is 0 Å². The Balaban J connectivity index is 2.61. The van der Waals surface area contributed by atoms with E-state index in [2.05, 4.69) is 30.2 Å². The molecule has 84 valence electrons. The average molecular weight is 208 g/mol. The molecule has 1 N–H and O–H groups in total. The highest BCUT2D eigenvalue weighted by Gasteiger charge is 2.12. The van der Waals surface area contributed by atoms with E-state index < -0.39 is 0 Å². The minimum atomic E-state index is 0.192. The fraction of sp³-hybridized carbons (Fsp3) is 0.583. The molecule has 3 nitrogen and oxygen atoms in total. The Hall–Kier alpha value is -0.930. The van der Waals surface area contributed by atoms with Crippen LogP contribution < -0.4 is 5.32 Å². The van der Waals surface area contributed by atoms with Gasteiger partial charge < -0.3 is 10.1 Å². The lowest BCUT2D eigenvalue weighted by Crippen LogP contribution is -2.23. The number of nitrogens with zero attached hydrogens (tertiary/aromatic N) is 1. The molecule has 0 amide bonds. The first-order valence-corrected chi connectivity index (χ1v) is 5.46. The van der Waals surface area contributed by atoms with E-state index >= 15 is 0 Å². The van der Waals surface area contributed by atoms with Crippen LogP contribution in [0, 0.1) is 6.92 Å². The predicted octanol–water partition coefficient (Wildman–Crippen LogP) is 2.08. The molecule has 15 heavy (non-hydrogen) atoms. The molecule has 0 saturated heterocycles. The van der Waals surface area contributed by atoms with Crippen LogP contribution in [-0.2, 0) is 4.74 Å². The van der Waals surface area contributed by atoms with Gasteiger partial charge in [-0.15, -0.1) is 0 Å². The predicted molar refractivity (Wildman–Crippen MR) is 61.9 cm³/mol. The number of likely N-dealkylation sites (N-methyl/N-ethyl adjacent to an activating group) is 1. The summed E-state index contributed by atoms with van der Waals surface area (Å²) in [6.45, 7) is 5.68. The van der Waals surface area contributed by atoms with E-state index in [1.165, 1.54) is 5.56 Å². The first-order valence-electron chi connectivity index (χ1n) is 5.46. The topological polar surface area (TPSA) is 34.1 Å². The lowest BCUT2D eigenvalue weighted by atomic mass is 10.1. The quantitative estimate of drug-likeness (QED) is 0.727. The fourth-order valence-corrected chi connectivity index (χ4v) is 1.51. The van der Waals surface area contributed by atoms with Crippen molar-refractivity contribution in [3.8, 4) is 0 Å². The molecule has 0 saturated carbocycles. The second-order valence-corrected chi connectivity index (χ2v) is 3.62. The molecule has 1 heterocycles. The summed E-state index contributed by atoms with van der Waals surface area (Å²) in [5.74, 6) is 0. The number of hydrogen-bond acceptors (Lipinski definition) is 3. The van der Waals surface area contributed by atoms with Gasteiger partial charge in [0.2, 0.25) is 0 Å². The molecule has 0 aliphatic rings. The van der Waals surface area contributed by atoms with Gasteiger partial charge in [-0.2, -0.15) is 0 Å². The van der Waals surface area contributed by atoms with Crippen molar-refractivity contribution in [1.29, 1.82) is 0 Å². The minimum Gasteiger partial charge on any atom is -0.379 e. The van der Waals surface area contributed by atoms with Crippen molar-refractivity contribution < 1.29 is 4.74 Å². The summed E-state index contributed by atoms with van der Waals surface area (Å²) in [5, 5.41) is 3.23. The summed E-state index contributed by atoms with van der Waals surface area (Å²) in [6.07, 6.45) is 2.88. The number of aromatic nitrogens is 1. The van der Waals surface area contributed by atoms with Gasteiger partial charge in [0.1, 0.15) is 0 Å². The number of rotatable bonds is 6. The number of pyridine rings is 1. The molecular formula is C12H20N2O. The van der Waals surface area contributed by atoms with Crippen LogP contribution >= 0.6 is 0 Å². The van der Waals surface area contributed by atoms with E-state index in [4.69, 9.17) is 4.74 Å². The Labute approximate surface area is 91.9 Å². The van der Waals surface area contributed by atoms with Crippen molar-refractivity contribution in [3.05, 3.63) is 29.6 Å². The molecule has 1 rings (SSSR count). The second-order valence-electron chi connectivity index (χ2n) is 3.62. The molecule has 1 aromatic heterocycles. The van der Waals surface area contributed by atoms with Crippen molar-refractivity contribution in [2.75, 3.05) is 20.3 Å². The van der Waals surface area contributed by atoms with Crippen LogP contribution in [0.5, 0.6) is 0 Å². The van der Waals surface area contributed by atoms with E-state index in [9.17, 15) is 0 Å². The van der Waals surface area contributed by atoms with Crippen molar-refractivity contribution >= 4 is 0 Å². The maximum Gasteiger partial charge on any atom is 0.0732 e. The van der Waals surface area contributed by atoms with Crippen LogP contribution in [0.3, 0.4) is 0 Å². The molecule has 0 aliphatic heterocycles. The summed E-state index contributed by atoms with van der Waals surface area (Å²) in [4.78, 5) is 4.39. The van der Waals surface area contributed by atoms with Crippen LogP contribution in [0.1, 0.15) is 30.6 Å². The summed E-state index contributed by atoms with van der Waals surface area (Å²) >= 11 is 0. The van der Waals surface area contributed by atoms with Gasteiger partial charge in [-0.05, 0) is 32.0 Å². The monoisotopic (exact) mass is 208 g/mol. The highest BCUT2D eigenvalue weighted by molar-refractivity contribution is 5.21. The van der Waals surface area contributed by atoms with Crippen LogP contribution in [-0.4, -0.2) is 25.2 Å². The van der Waals surface area contributed by atoms with Crippen molar-refractivity contribution in [1.82, 2.24) is 10.3 Å². The van der Waals surface area contributed by atoms with Crippen LogP contribution in [0.25, 0.3) is 0 Å². The van der Waals surface area contributed by atoms with E-state index in [0.717, 1.165) is 18.7 Å². The fourth-order valence-electron chi connectivity index (χ4n) is 1.51. The lowest BCUT2D eigenvalue weighted by molar-refractivity contribution is 0.113. The molecule has 0 fully saturated rings. The number of aryl methyl sites for hydroxylation is 1. The Morgan fingerprint density at radius 2 is 2.33 bits per heavy atom. The van der Waals surface area contributed by atoms with Crippen molar-refractivity contribution in [3.63, 3.8) is 0 Å². The van der Waals surface area contributed by atoms with Gasteiger partial charge in [-0.3, -0.25) is 4.98 Å². The highest BCUT2D eigenvalue weighted by Crippen LogP contribution is 2.14. The summed E-state index contributed by atoms with van der Waals surface area (Å²) in [5.41, 5.74) is 2.29. The van der Waals surface area contributed by atoms with Gasteiger partial charge in [0.05, 0.1) is 18.3 Å². The Morgan fingerprint density at radius 3 is 2.93 bits per heavy atom. The number of ether oxygens (including phenoxy) is 1. The average Bonchev–Trinajstić information content (AvgIpc) is 2.26. The van der Waals surface area contributed by atoms with E-state index in [1.807, 2.05) is 19.3 Å². The minimum absolute atomic E-state index is 0.192. The lowest BCUT2D eigenvalue weighted by Gasteiger charge is -2.17. The molecule has 1 atom stereocenters. The zero-order valence-electron chi connectivity index (χ0n) is 9.79. The number of nitrogens with one attached hydrogen (secondary N) is 1. The molecule has 0 bridgehead atoms. The van der Waals surface area contributed by atoms with Gasteiger partial charge in [0, 0.05) is 12.8 Å². The molecule has 0 aromatic carbocycles. The highest BCUT2D eigenvalue weighted by atomic mass is 16.5. The van der Waals surface area contributed by atoms with E-state index in [-0.39, 0.29) is 6.04 Å². The SMILES string of the molecule is CCCOCC(NC)c1ncccc1C. The smallest absolute Gasteiger partial charge is 0.0732 e. The van der Waals surface area contributed by atoms with Crippen LogP contribution in [0.4, 0.5) is 0 Å². The summed E-state index contributed by atoms with van der Waals surface area (Å²) in [7, 11) is 1.94. The van der Waals surface area contributed by atoms with E-state index in [0.29, 0.717) is 6.61 Å². The third-order valence-corrected chi connectivity index (χ3v) is 2.36. The molecule has 3 heteroatoms. The number of hydrogen-bond donors (Lipinski definition) is 1. The third kappa shape index (κ3) is 3.61. The first kappa shape index (κ1) is 12.1. The summed E-state index contributed by atoms with van der Waals surface area (Å²) in [6, 6.07) is 4.23. The van der Waals surface area contributed by atoms with E-state index in [1.54, 1.807) is 0 Å². The second kappa shape index (κ2) is 6.53. The standard InChI is InChI=1S/C12H20N2O/c1-4-8-15-9-11(13-3)12-10(2)6-5-7-14-12/h5-7,11,13H,4,8-9H2,1-3H3. The van der Waals surface area contributed by atoms with Gasteiger partial charge in [-0.1, -0.05) is 13.0 Å². The third-order valence-electron chi connectivity index (χ3n) is 2.36. The zero-order valence-corrected chi connectivity index (χ0v) is 9.79. The van der Waals surface area contributed by atoms with Crippen molar-refractivity contribution in [2.45, 2.75) is 26.3 Å². The molecule has 0 aliphatic carbocycles. The molecule has 1 unspecified atom stereocenters. The van der Waals surface area contributed by atoms with Gasteiger partial charge in [0.25, 0.3) is 0 Å². The van der Waals surface area contributed by atoms with Crippen LogP contribution in [0.2, 0.25) is 0 Å². The largest absolute Gasteiger partial charge is 0.379 e. The zero-order chi connectivity index (χ0) is 11.1.